The zero-order chi connectivity index (χ0) is 16.2. The number of para-hydroxylation sites is 1. The van der Waals surface area contributed by atoms with E-state index in [2.05, 4.69) is 10.1 Å². The number of oxime groups is 1. The number of nitrogens with two attached hydrogens (primary N) is 1. The fraction of sp³-hybridized carbons (Fsp3) is 0.0588. The lowest BCUT2D eigenvalue weighted by molar-refractivity contribution is 0.318. The van der Waals surface area contributed by atoms with Gasteiger partial charge >= 0.3 is 0 Å². The third-order valence-electron chi connectivity index (χ3n) is 3.43. The summed E-state index contributed by atoms with van der Waals surface area (Å²) in [6, 6.07) is 17.2. The van der Waals surface area contributed by atoms with E-state index in [4.69, 9.17) is 15.7 Å². The maximum Gasteiger partial charge on any atom is 0.190 e. The van der Waals surface area contributed by atoms with Gasteiger partial charge in [-0.3, -0.25) is 0 Å². The lowest BCUT2D eigenvalue weighted by Gasteiger charge is -2.09. The zero-order valence-corrected chi connectivity index (χ0v) is 12.5. The summed E-state index contributed by atoms with van der Waals surface area (Å²) in [5.74, 6) is 1.47. The number of benzene rings is 2. The predicted octanol–water partition coefficient (Wildman–Crippen LogP) is 3.07. The number of hydrogen-bond acceptors (Lipinski definition) is 4. The predicted molar refractivity (Wildman–Crippen MR) is 87.3 cm³/mol. The summed E-state index contributed by atoms with van der Waals surface area (Å²) in [5, 5.41) is 11.8. The molecule has 116 valence electrons. The van der Waals surface area contributed by atoms with Crippen LogP contribution in [-0.4, -0.2) is 20.6 Å². The van der Waals surface area contributed by atoms with Crippen LogP contribution in [0.25, 0.3) is 5.69 Å². The standard InChI is InChI=1S/C17H16N4O2/c1-12-16(17(18)20-22)19-11-21(12)13-6-5-9-15(10-13)23-14-7-3-2-4-8-14/h2-11,22H,1H3,(H2,18,20). The summed E-state index contributed by atoms with van der Waals surface area (Å²) in [6.07, 6.45) is 1.63. The molecule has 0 fully saturated rings. The number of rotatable bonds is 4. The Labute approximate surface area is 133 Å². The van der Waals surface area contributed by atoms with Gasteiger partial charge in [-0.1, -0.05) is 29.4 Å². The highest BCUT2D eigenvalue weighted by atomic mass is 16.5. The molecule has 0 atom stereocenters. The van der Waals surface area contributed by atoms with Gasteiger partial charge in [-0.15, -0.1) is 0 Å². The number of amidine groups is 1. The average molecular weight is 308 g/mol. The average Bonchev–Trinajstić information content (AvgIpc) is 2.97. The first-order chi connectivity index (χ1) is 11.2. The Kier molecular flexibility index (Phi) is 3.97. The summed E-state index contributed by atoms with van der Waals surface area (Å²) >= 11 is 0. The molecule has 0 aliphatic carbocycles. The Hall–Kier alpha value is -3.28. The first-order valence-corrected chi connectivity index (χ1v) is 7.04. The molecule has 0 aliphatic rings. The number of hydrogen-bond donors (Lipinski definition) is 2. The van der Waals surface area contributed by atoms with Crippen LogP contribution in [0.5, 0.6) is 11.5 Å². The molecule has 3 rings (SSSR count). The highest BCUT2D eigenvalue weighted by Crippen LogP contribution is 2.24. The molecule has 0 aliphatic heterocycles. The third-order valence-corrected chi connectivity index (χ3v) is 3.43. The maximum absolute atomic E-state index is 8.79. The SMILES string of the molecule is Cc1c(/C(N)=N/O)ncn1-c1cccc(Oc2ccccc2)c1. The van der Waals surface area contributed by atoms with E-state index in [0.717, 1.165) is 17.1 Å². The van der Waals surface area contributed by atoms with Crippen LogP contribution < -0.4 is 10.5 Å². The summed E-state index contributed by atoms with van der Waals surface area (Å²) in [4.78, 5) is 4.18. The maximum atomic E-state index is 8.79. The van der Waals surface area contributed by atoms with Gasteiger partial charge in [0.15, 0.2) is 5.84 Å². The number of aromatic nitrogens is 2. The molecule has 0 bridgehead atoms. The summed E-state index contributed by atoms with van der Waals surface area (Å²) in [5.41, 5.74) is 7.71. The summed E-state index contributed by atoms with van der Waals surface area (Å²) in [6.45, 7) is 1.85. The van der Waals surface area contributed by atoms with E-state index < -0.39 is 0 Å². The first-order valence-electron chi connectivity index (χ1n) is 7.04. The zero-order valence-electron chi connectivity index (χ0n) is 12.5. The molecule has 0 saturated carbocycles. The van der Waals surface area contributed by atoms with E-state index in [0.29, 0.717) is 11.4 Å². The molecular formula is C17H16N4O2. The van der Waals surface area contributed by atoms with E-state index in [1.165, 1.54) is 0 Å². The highest BCUT2D eigenvalue weighted by Gasteiger charge is 2.12. The number of ether oxygens (including phenoxy) is 1. The molecular weight excluding hydrogens is 292 g/mol. The molecule has 6 nitrogen and oxygen atoms in total. The van der Waals surface area contributed by atoms with Crippen molar-refractivity contribution < 1.29 is 9.94 Å². The Morgan fingerprint density at radius 1 is 1.13 bits per heavy atom. The van der Waals surface area contributed by atoms with Gasteiger partial charge < -0.3 is 20.2 Å². The fourth-order valence-corrected chi connectivity index (χ4v) is 2.29. The lowest BCUT2D eigenvalue weighted by atomic mass is 10.2. The van der Waals surface area contributed by atoms with Crippen molar-refractivity contribution in [1.29, 1.82) is 0 Å². The smallest absolute Gasteiger partial charge is 0.190 e. The first kappa shape index (κ1) is 14.6. The molecule has 0 amide bonds. The molecule has 3 N–H and O–H groups in total. The van der Waals surface area contributed by atoms with Crippen LogP contribution in [-0.2, 0) is 0 Å². The van der Waals surface area contributed by atoms with E-state index in [9.17, 15) is 0 Å². The second kappa shape index (κ2) is 6.23. The quantitative estimate of drug-likeness (QED) is 0.336. The molecule has 0 radical (unpaired) electrons. The Morgan fingerprint density at radius 2 is 1.87 bits per heavy atom. The van der Waals surface area contributed by atoms with Gasteiger partial charge in [0.25, 0.3) is 0 Å². The fourth-order valence-electron chi connectivity index (χ4n) is 2.29. The van der Waals surface area contributed by atoms with Crippen LogP contribution >= 0.6 is 0 Å². The second-order valence-electron chi connectivity index (χ2n) is 4.95. The van der Waals surface area contributed by atoms with Crippen LogP contribution in [0.3, 0.4) is 0 Å². The minimum absolute atomic E-state index is 0.0158. The van der Waals surface area contributed by atoms with Gasteiger partial charge in [0.1, 0.15) is 23.5 Å². The number of nitrogens with zero attached hydrogens (tertiary/aromatic N) is 3. The second-order valence-corrected chi connectivity index (χ2v) is 4.95. The van der Waals surface area contributed by atoms with Gasteiger partial charge in [-0.05, 0) is 31.2 Å². The molecule has 3 aromatic rings. The highest BCUT2D eigenvalue weighted by molar-refractivity contribution is 5.96. The Balaban J connectivity index is 1.93. The monoisotopic (exact) mass is 308 g/mol. The van der Waals surface area contributed by atoms with Gasteiger partial charge in [-0.2, -0.15) is 0 Å². The Morgan fingerprint density at radius 3 is 2.61 bits per heavy atom. The van der Waals surface area contributed by atoms with E-state index in [1.807, 2.05) is 66.1 Å². The molecule has 0 unspecified atom stereocenters. The van der Waals surface area contributed by atoms with E-state index in [1.54, 1.807) is 6.33 Å². The van der Waals surface area contributed by atoms with Crippen LogP contribution in [0.1, 0.15) is 11.4 Å². The van der Waals surface area contributed by atoms with Crippen LogP contribution in [0.2, 0.25) is 0 Å². The lowest BCUT2D eigenvalue weighted by Crippen LogP contribution is -2.15. The van der Waals surface area contributed by atoms with Crippen molar-refractivity contribution >= 4 is 5.84 Å². The van der Waals surface area contributed by atoms with Crippen LogP contribution in [0, 0.1) is 6.92 Å². The number of imidazole rings is 1. The van der Waals surface area contributed by atoms with E-state index >= 15 is 0 Å². The molecule has 0 saturated heterocycles. The van der Waals surface area contributed by atoms with Crippen molar-refractivity contribution in [3.05, 3.63) is 72.3 Å². The van der Waals surface area contributed by atoms with Crippen molar-refractivity contribution in [1.82, 2.24) is 9.55 Å². The molecule has 2 aromatic carbocycles. The summed E-state index contributed by atoms with van der Waals surface area (Å²) < 4.78 is 7.69. The van der Waals surface area contributed by atoms with Crippen molar-refractivity contribution in [3.8, 4) is 17.2 Å². The molecule has 1 aromatic heterocycles. The van der Waals surface area contributed by atoms with Crippen molar-refractivity contribution in [2.45, 2.75) is 6.92 Å². The van der Waals surface area contributed by atoms with Crippen molar-refractivity contribution in [2.75, 3.05) is 0 Å². The Bertz CT molecular complexity index is 841. The normalized spacial score (nSPS) is 11.4. The summed E-state index contributed by atoms with van der Waals surface area (Å²) in [7, 11) is 0. The van der Waals surface area contributed by atoms with Gasteiger partial charge in [0.2, 0.25) is 0 Å². The molecule has 6 heteroatoms. The van der Waals surface area contributed by atoms with Gasteiger partial charge in [0, 0.05) is 6.07 Å². The molecule has 23 heavy (non-hydrogen) atoms. The van der Waals surface area contributed by atoms with Crippen LogP contribution in [0.15, 0.2) is 66.1 Å². The third kappa shape index (κ3) is 3.01. The van der Waals surface area contributed by atoms with Gasteiger partial charge in [-0.25, -0.2) is 4.98 Å². The van der Waals surface area contributed by atoms with Crippen LogP contribution in [0.4, 0.5) is 0 Å². The van der Waals surface area contributed by atoms with Crippen molar-refractivity contribution in [3.63, 3.8) is 0 Å². The molecule has 1 heterocycles. The van der Waals surface area contributed by atoms with Crippen molar-refractivity contribution in [2.24, 2.45) is 10.9 Å². The molecule has 0 spiro atoms. The van der Waals surface area contributed by atoms with E-state index in [-0.39, 0.29) is 5.84 Å². The topological polar surface area (TPSA) is 85.7 Å². The van der Waals surface area contributed by atoms with Gasteiger partial charge in [0.05, 0.1) is 11.4 Å². The minimum Gasteiger partial charge on any atom is -0.457 e. The largest absolute Gasteiger partial charge is 0.457 e. The minimum atomic E-state index is -0.0158.